The average Bonchev–Trinajstić information content (AvgIpc) is 3.13. The number of H-pyrrole nitrogens is 1. The third-order valence-corrected chi connectivity index (χ3v) is 6.18. The number of rotatable bonds is 8. The summed E-state index contributed by atoms with van der Waals surface area (Å²) < 4.78 is 1.26. The predicted octanol–water partition coefficient (Wildman–Crippen LogP) is 3.02. The first kappa shape index (κ1) is 25.6. The number of unbranched alkanes of at least 4 members (excludes halogenated alkanes) is 1. The van der Waals surface area contributed by atoms with Gasteiger partial charge in [-0.3, -0.25) is 28.7 Å². The molecule has 1 aromatic heterocycles. The summed E-state index contributed by atoms with van der Waals surface area (Å²) in [5.41, 5.74) is 6.02. The van der Waals surface area contributed by atoms with E-state index in [1.807, 2.05) is 20.8 Å². The Morgan fingerprint density at radius 3 is 2.11 bits per heavy atom. The molecule has 0 spiro atoms. The van der Waals surface area contributed by atoms with Gasteiger partial charge in [0.2, 0.25) is 0 Å². The van der Waals surface area contributed by atoms with Crippen molar-refractivity contribution in [3.05, 3.63) is 86.1 Å². The molecule has 0 aliphatic carbocycles. The molecular weight excluding hydrogens is 474 g/mol. The van der Waals surface area contributed by atoms with Crippen LogP contribution in [0.15, 0.2) is 58.1 Å². The normalized spacial score (nSPS) is 12.8. The highest BCUT2D eigenvalue weighted by Gasteiger charge is 2.36. The number of nitrogen functional groups attached to an aromatic ring is 1. The van der Waals surface area contributed by atoms with E-state index < -0.39 is 29.0 Å². The third kappa shape index (κ3) is 4.69. The van der Waals surface area contributed by atoms with E-state index in [1.165, 1.54) is 33.7 Å². The Morgan fingerprint density at radius 1 is 0.973 bits per heavy atom. The van der Waals surface area contributed by atoms with Crippen LogP contribution in [0.25, 0.3) is 0 Å². The Bertz CT molecular complexity index is 1450. The van der Waals surface area contributed by atoms with E-state index in [0.29, 0.717) is 23.2 Å². The molecule has 37 heavy (non-hydrogen) atoms. The van der Waals surface area contributed by atoms with Gasteiger partial charge in [-0.1, -0.05) is 39.3 Å². The van der Waals surface area contributed by atoms with Gasteiger partial charge in [0.25, 0.3) is 23.3 Å². The van der Waals surface area contributed by atoms with E-state index in [4.69, 9.17) is 5.73 Å². The SMILES string of the molecule is CCCCN(C(=O)c1ccc(N2C(=O)c3ccccc3C2=O)cc1)c1c(N)n(CC(C)C)c(=O)[nH]c1=O. The van der Waals surface area contributed by atoms with E-state index in [-0.39, 0.29) is 36.1 Å². The summed E-state index contributed by atoms with van der Waals surface area (Å²) in [6.45, 7) is 6.26. The lowest BCUT2D eigenvalue weighted by Gasteiger charge is -2.25. The maximum Gasteiger partial charge on any atom is 0.330 e. The van der Waals surface area contributed by atoms with Crippen molar-refractivity contribution in [1.29, 1.82) is 0 Å². The number of imide groups is 1. The Kier molecular flexibility index (Phi) is 7.10. The van der Waals surface area contributed by atoms with Crippen LogP contribution in [0.3, 0.4) is 0 Å². The molecule has 0 saturated heterocycles. The summed E-state index contributed by atoms with van der Waals surface area (Å²) in [6.07, 6.45) is 1.35. The van der Waals surface area contributed by atoms with E-state index in [0.717, 1.165) is 11.3 Å². The number of anilines is 3. The summed E-state index contributed by atoms with van der Waals surface area (Å²) in [7, 11) is 0. The number of nitrogens with zero attached hydrogens (tertiary/aromatic N) is 3. The molecular formula is C27H29N5O5. The molecule has 0 saturated carbocycles. The first-order chi connectivity index (χ1) is 17.6. The molecule has 1 aliphatic heterocycles. The lowest BCUT2D eigenvalue weighted by molar-refractivity contribution is 0.0924. The van der Waals surface area contributed by atoms with Gasteiger partial charge >= 0.3 is 5.69 Å². The number of fused-ring (bicyclic) bond motifs is 1. The quantitative estimate of drug-likeness (QED) is 0.453. The molecule has 3 amide bonds. The van der Waals surface area contributed by atoms with Crippen LogP contribution >= 0.6 is 0 Å². The number of aromatic nitrogens is 2. The van der Waals surface area contributed by atoms with Gasteiger partial charge in [0, 0.05) is 18.7 Å². The summed E-state index contributed by atoms with van der Waals surface area (Å²) in [5.74, 6) is -1.36. The molecule has 3 aromatic rings. The van der Waals surface area contributed by atoms with Crippen LogP contribution < -0.4 is 26.8 Å². The molecule has 0 radical (unpaired) electrons. The molecule has 4 rings (SSSR count). The van der Waals surface area contributed by atoms with Gasteiger partial charge in [0.05, 0.1) is 16.8 Å². The zero-order valence-electron chi connectivity index (χ0n) is 21.0. The summed E-state index contributed by atoms with van der Waals surface area (Å²) in [5, 5.41) is 0. The van der Waals surface area contributed by atoms with Gasteiger partial charge in [-0.25, -0.2) is 9.69 Å². The number of benzene rings is 2. The Labute approximate surface area is 213 Å². The fourth-order valence-corrected chi connectivity index (χ4v) is 4.35. The number of amides is 3. The van der Waals surface area contributed by atoms with Crippen LogP contribution in [0, 0.1) is 5.92 Å². The predicted molar refractivity (Wildman–Crippen MR) is 141 cm³/mol. The van der Waals surface area contributed by atoms with Gasteiger partial charge in [-0.15, -0.1) is 0 Å². The third-order valence-electron chi connectivity index (χ3n) is 6.18. The second-order valence-electron chi connectivity index (χ2n) is 9.35. The van der Waals surface area contributed by atoms with Crippen molar-refractivity contribution >= 4 is 34.9 Å². The van der Waals surface area contributed by atoms with E-state index >= 15 is 0 Å². The molecule has 2 heterocycles. The lowest BCUT2D eigenvalue weighted by atomic mass is 10.1. The smallest absolute Gasteiger partial charge is 0.330 e. The minimum Gasteiger partial charge on any atom is -0.383 e. The van der Waals surface area contributed by atoms with Gasteiger partial charge in [-0.2, -0.15) is 0 Å². The molecule has 2 aromatic carbocycles. The molecule has 3 N–H and O–H groups in total. The number of nitrogens with two attached hydrogens (primary N) is 1. The lowest BCUT2D eigenvalue weighted by Crippen LogP contribution is -2.42. The van der Waals surface area contributed by atoms with Crippen LogP contribution in [-0.4, -0.2) is 33.8 Å². The van der Waals surface area contributed by atoms with Gasteiger partial charge in [0.15, 0.2) is 5.69 Å². The van der Waals surface area contributed by atoms with Crippen LogP contribution in [0.4, 0.5) is 17.2 Å². The molecule has 0 bridgehead atoms. The summed E-state index contributed by atoms with van der Waals surface area (Å²) in [4.78, 5) is 69.0. The largest absolute Gasteiger partial charge is 0.383 e. The van der Waals surface area contributed by atoms with Crippen LogP contribution in [0.2, 0.25) is 0 Å². The number of hydrogen-bond acceptors (Lipinski definition) is 6. The fraction of sp³-hybridized carbons (Fsp3) is 0.296. The standard InChI is InChI=1S/C27H29N5O5/c1-4-5-14-30(21-22(28)31(15-16(2)3)27(37)29-23(21)33)24(34)17-10-12-18(13-11-17)32-25(35)19-8-6-7-9-20(19)26(32)36/h6-13,16H,4-5,14-15,28H2,1-3H3,(H,29,33,37). The Hall–Kier alpha value is -4.47. The Morgan fingerprint density at radius 2 is 1.57 bits per heavy atom. The maximum atomic E-state index is 13.6. The van der Waals surface area contributed by atoms with E-state index in [9.17, 15) is 24.0 Å². The molecule has 10 nitrogen and oxygen atoms in total. The van der Waals surface area contributed by atoms with Gasteiger partial charge in [-0.05, 0) is 48.7 Å². The molecule has 192 valence electrons. The number of carbonyl (C=O) groups excluding carboxylic acids is 3. The summed E-state index contributed by atoms with van der Waals surface area (Å²) >= 11 is 0. The van der Waals surface area contributed by atoms with Crippen molar-refractivity contribution in [2.45, 2.75) is 40.2 Å². The second-order valence-corrected chi connectivity index (χ2v) is 9.35. The molecule has 0 unspecified atom stereocenters. The molecule has 1 aliphatic rings. The fourth-order valence-electron chi connectivity index (χ4n) is 4.35. The highest BCUT2D eigenvalue weighted by atomic mass is 16.2. The van der Waals surface area contributed by atoms with Crippen molar-refractivity contribution in [2.24, 2.45) is 5.92 Å². The topological polar surface area (TPSA) is 139 Å². The first-order valence-corrected chi connectivity index (χ1v) is 12.2. The van der Waals surface area contributed by atoms with Crippen LogP contribution in [0.1, 0.15) is 64.7 Å². The van der Waals surface area contributed by atoms with E-state index in [1.54, 1.807) is 24.3 Å². The zero-order chi connectivity index (χ0) is 26.9. The second kappa shape index (κ2) is 10.3. The average molecular weight is 504 g/mol. The highest BCUT2D eigenvalue weighted by molar-refractivity contribution is 6.34. The number of carbonyl (C=O) groups is 3. The van der Waals surface area contributed by atoms with Gasteiger partial charge < -0.3 is 10.6 Å². The molecule has 0 fully saturated rings. The number of hydrogen-bond donors (Lipinski definition) is 2. The summed E-state index contributed by atoms with van der Waals surface area (Å²) in [6, 6.07) is 12.6. The highest BCUT2D eigenvalue weighted by Crippen LogP contribution is 2.29. The maximum absolute atomic E-state index is 13.6. The van der Waals surface area contributed by atoms with Crippen molar-refractivity contribution in [1.82, 2.24) is 9.55 Å². The minimum absolute atomic E-state index is 0.0745. The molecule has 0 atom stereocenters. The minimum atomic E-state index is -0.741. The van der Waals surface area contributed by atoms with Crippen molar-refractivity contribution in [3.8, 4) is 0 Å². The van der Waals surface area contributed by atoms with Gasteiger partial charge in [0.1, 0.15) is 5.82 Å². The van der Waals surface area contributed by atoms with Crippen molar-refractivity contribution in [3.63, 3.8) is 0 Å². The van der Waals surface area contributed by atoms with Crippen molar-refractivity contribution in [2.75, 3.05) is 22.1 Å². The Balaban J connectivity index is 1.69. The van der Waals surface area contributed by atoms with E-state index in [2.05, 4.69) is 4.98 Å². The zero-order valence-corrected chi connectivity index (χ0v) is 21.0. The van der Waals surface area contributed by atoms with Crippen LogP contribution in [0.5, 0.6) is 0 Å². The first-order valence-electron chi connectivity index (χ1n) is 12.2. The van der Waals surface area contributed by atoms with Crippen molar-refractivity contribution < 1.29 is 14.4 Å². The molecule has 10 heteroatoms. The number of nitrogens with one attached hydrogen (secondary N) is 1. The van der Waals surface area contributed by atoms with Crippen LogP contribution in [-0.2, 0) is 6.54 Å². The monoisotopic (exact) mass is 503 g/mol. The number of aromatic amines is 1.